The van der Waals surface area contributed by atoms with Gasteiger partial charge in [-0.25, -0.2) is 0 Å². The summed E-state index contributed by atoms with van der Waals surface area (Å²) in [6.45, 7) is 1.88. The summed E-state index contributed by atoms with van der Waals surface area (Å²) in [5, 5.41) is 0. The maximum atomic E-state index is 11.2. The van der Waals surface area contributed by atoms with Crippen LogP contribution in [0.2, 0.25) is 0 Å². The zero-order valence-electron chi connectivity index (χ0n) is 7.24. The number of ketones is 1. The van der Waals surface area contributed by atoms with Crippen LogP contribution in [0.15, 0.2) is 12.2 Å². The molecule has 0 amide bonds. The van der Waals surface area contributed by atoms with Crippen molar-refractivity contribution in [2.24, 2.45) is 11.8 Å². The fourth-order valence-electron chi connectivity index (χ4n) is 1.39. The number of esters is 1. The Morgan fingerprint density at radius 2 is 2.33 bits per heavy atom. The number of methoxy groups -OCH3 is 1. The van der Waals surface area contributed by atoms with Gasteiger partial charge >= 0.3 is 5.97 Å². The number of hydrogen-bond donors (Lipinski definition) is 0. The number of hydrogen-bond acceptors (Lipinski definition) is 3. The largest absolute Gasteiger partial charge is 0.468 e. The molecule has 0 aromatic carbocycles. The van der Waals surface area contributed by atoms with Gasteiger partial charge in [-0.3, -0.25) is 9.59 Å². The highest BCUT2D eigenvalue weighted by Gasteiger charge is 2.32. The van der Waals surface area contributed by atoms with Crippen molar-refractivity contribution in [3.63, 3.8) is 0 Å². The highest BCUT2D eigenvalue weighted by atomic mass is 16.5. The lowest BCUT2D eigenvalue weighted by Gasteiger charge is -2.20. The zero-order chi connectivity index (χ0) is 9.14. The van der Waals surface area contributed by atoms with Crippen LogP contribution >= 0.6 is 0 Å². The van der Waals surface area contributed by atoms with E-state index in [1.807, 2.05) is 6.92 Å². The number of carbonyl (C=O) groups excluding carboxylic acids is 2. The molecular formula is C9H12O3. The first kappa shape index (κ1) is 8.97. The lowest BCUT2D eigenvalue weighted by molar-refractivity contribution is -0.150. The van der Waals surface area contributed by atoms with Crippen LogP contribution in [0.25, 0.3) is 0 Å². The van der Waals surface area contributed by atoms with Crippen LogP contribution in [-0.2, 0) is 14.3 Å². The SMILES string of the molecule is COC(=O)[C@H]1C(=O)C=CC[C@@H]1C. The standard InChI is InChI=1S/C9H12O3/c1-6-4-3-5-7(10)8(6)9(11)12-2/h3,5-6,8H,4H2,1-2H3/t6-,8+/m0/s1. The molecule has 1 rings (SSSR count). The molecule has 2 atom stereocenters. The Labute approximate surface area is 71.4 Å². The van der Waals surface area contributed by atoms with Gasteiger partial charge in [0.2, 0.25) is 0 Å². The van der Waals surface area contributed by atoms with Crippen molar-refractivity contribution in [1.29, 1.82) is 0 Å². The van der Waals surface area contributed by atoms with Crippen LogP contribution in [0, 0.1) is 11.8 Å². The molecule has 0 saturated heterocycles. The Hall–Kier alpha value is -1.12. The van der Waals surface area contributed by atoms with Crippen molar-refractivity contribution in [3.8, 4) is 0 Å². The number of allylic oxidation sites excluding steroid dienone is 2. The average molecular weight is 168 g/mol. The van der Waals surface area contributed by atoms with Crippen LogP contribution in [0.3, 0.4) is 0 Å². The lowest BCUT2D eigenvalue weighted by Crippen LogP contribution is -2.31. The molecule has 1 aliphatic carbocycles. The van der Waals surface area contributed by atoms with E-state index in [-0.39, 0.29) is 11.7 Å². The quantitative estimate of drug-likeness (QED) is 0.432. The molecule has 0 aliphatic heterocycles. The molecule has 0 heterocycles. The molecule has 0 fully saturated rings. The van der Waals surface area contributed by atoms with E-state index in [1.54, 1.807) is 6.08 Å². The topological polar surface area (TPSA) is 43.4 Å². The Kier molecular flexibility index (Phi) is 2.63. The first-order chi connectivity index (χ1) is 5.66. The maximum Gasteiger partial charge on any atom is 0.316 e. The van der Waals surface area contributed by atoms with E-state index in [2.05, 4.69) is 4.74 Å². The van der Waals surface area contributed by atoms with Crippen LogP contribution in [-0.4, -0.2) is 18.9 Å². The minimum Gasteiger partial charge on any atom is -0.468 e. The number of rotatable bonds is 1. The zero-order valence-corrected chi connectivity index (χ0v) is 7.24. The predicted molar refractivity (Wildman–Crippen MR) is 43.4 cm³/mol. The molecule has 0 N–H and O–H groups in total. The van der Waals surface area contributed by atoms with Crippen molar-refractivity contribution in [2.45, 2.75) is 13.3 Å². The molecule has 0 bridgehead atoms. The van der Waals surface area contributed by atoms with Gasteiger partial charge in [-0.2, -0.15) is 0 Å². The highest BCUT2D eigenvalue weighted by molar-refractivity contribution is 6.05. The molecule has 66 valence electrons. The Bertz CT molecular complexity index is 230. The van der Waals surface area contributed by atoms with Gasteiger partial charge in [0.15, 0.2) is 5.78 Å². The minimum atomic E-state index is -0.583. The maximum absolute atomic E-state index is 11.2. The van der Waals surface area contributed by atoms with Gasteiger partial charge in [0.05, 0.1) is 7.11 Å². The molecule has 3 heteroatoms. The molecule has 0 aromatic heterocycles. The van der Waals surface area contributed by atoms with Crippen molar-refractivity contribution in [2.75, 3.05) is 7.11 Å². The van der Waals surface area contributed by atoms with Crippen molar-refractivity contribution in [3.05, 3.63) is 12.2 Å². The third-order valence-electron chi connectivity index (χ3n) is 2.12. The normalized spacial score (nSPS) is 28.7. The van der Waals surface area contributed by atoms with E-state index in [4.69, 9.17) is 0 Å². The fraction of sp³-hybridized carbons (Fsp3) is 0.556. The van der Waals surface area contributed by atoms with Gasteiger partial charge in [-0.15, -0.1) is 0 Å². The molecule has 0 spiro atoms. The summed E-state index contributed by atoms with van der Waals surface area (Å²) < 4.78 is 4.54. The Balaban J connectivity index is 2.79. The van der Waals surface area contributed by atoms with Gasteiger partial charge in [0, 0.05) is 0 Å². The second kappa shape index (κ2) is 3.52. The number of ether oxygens (including phenoxy) is 1. The van der Waals surface area contributed by atoms with Gasteiger partial charge in [0.25, 0.3) is 0 Å². The monoisotopic (exact) mass is 168 g/mol. The summed E-state index contributed by atoms with van der Waals surface area (Å²) in [5.74, 6) is -1.08. The minimum absolute atomic E-state index is 0.0648. The Morgan fingerprint density at radius 1 is 1.67 bits per heavy atom. The molecule has 12 heavy (non-hydrogen) atoms. The first-order valence-corrected chi connectivity index (χ1v) is 3.95. The third-order valence-corrected chi connectivity index (χ3v) is 2.12. The van der Waals surface area contributed by atoms with E-state index in [0.29, 0.717) is 0 Å². The van der Waals surface area contributed by atoms with Gasteiger partial charge in [0.1, 0.15) is 5.92 Å². The molecule has 1 aliphatic rings. The second-order valence-electron chi connectivity index (χ2n) is 3.02. The fourth-order valence-corrected chi connectivity index (χ4v) is 1.39. The molecule has 0 saturated carbocycles. The van der Waals surface area contributed by atoms with Crippen LogP contribution < -0.4 is 0 Å². The summed E-state index contributed by atoms with van der Waals surface area (Å²) in [6, 6.07) is 0. The molecule has 3 nitrogen and oxygen atoms in total. The van der Waals surface area contributed by atoms with E-state index >= 15 is 0 Å². The van der Waals surface area contributed by atoms with Gasteiger partial charge in [-0.05, 0) is 18.4 Å². The average Bonchev–Trinajstić information content (AvgIpc) is 2.03. The summed E-state index contributed by atoms with van der Waals surface area (Å²) in [7, 11) is 1.31. The number of carbonyl (C=O) groups is 2. The van der Waals surface area contributed by atoms with Crippen molar-refractivity contribution in [1.82, 2.24) is 0 Å². The van der Waals surface area contributed by atoms with Crippen LogP contribution in [0.5, 0.6) is 0 Å². The summed E-state index contributed by atoms with van der Waals surface area (Å²) in [4.78, 5) is 22.3. The molecular weight excluding hydrogens is 156 g/mol. The third kappa shape index (κ3) is 1.55. The molecule has 0 radical (unpaired) electrons. The van der Waals surface area contributed by atoms with E-state index in [9.17, 15) is 9.59 Å². The summed E-state index contributed by atoms with van der Waals surface area (Å²) in [6.07, 6.45) is 4.03. The second-order valence-corrected chi connectivity index (χ2v) is 3.02. The first-order valence-electron chi connectivity index (χ1n) is 3.95. The van der Waals surface area contributed by atoms with E-state index in [0.717, 1.165) is 6.42 Å². The van der Waals surface area contributed by atoms with Crippen LogP contribution in [0.1, 0.15) is 13.3 Å². The van der Waals surface area contributed by atoms with Crippen molar-refractivity contribution < 1.29 is 14.3 Å². The van der Waals surface area contributed by atoms with Crippen molar-refractivity contribution >= 4 is 11.8 Å². The van der Waals surface area contributed by atoms with Crippen LogP contribution in [0.4, 0.5) is 0 Å². The van der Waals surface area contributed by atoms with E-state index < -0.39 is 11.9 Å². The summed E-state index contributed by atoms with van der Waals surface area (Å²) >= 11 is 0. The Morgan fingerprint density at radius 3 is 2.83 bits per heavy atom. The van der Waals surface area contributed by atoms with Gasteiger partial charge < -0.3 is 4.74 Å². The molecule has 0 unspecified atom stereocenters. The predicted octanol–water partition coefficient (Wildman–Crippen LogP) is 0.941. The smallest absolute Gasteiger partial charge is 0.316 e. The van der Waals surface area contributed by atoms with Gasteiger partial charge in [-0.1, -0.05) is 13.0 Å². The molecule has 0 aromatic rings. The lowest BCUT2D eigenvalue weighted by atomic mass is 9.83. The highest BCUT2D eigenvalue weighted by Crippen LogP contribution is 2.23. The summed E-state index contributed by atoms with van der Waals surface area (Å²) in [5.41, 5.74) is 0. The van der Waals surface area contributed by atoms with E-state index in [1.165, 1.54) is 13.2 Å².